The maximum atomic E-state index is 11.5. The van der Waals surface area contributed by atoms with Crippen LogP contribution in [-0.4, -0.2) is 104 Å². The Hall–Kier alpha value is -0.530. The van der Waals surface area contributed by atoms with Crippen molar-refractivity contribution in [1.29, 1.82) is 0 Å². The van der Waals surface area contributed by atoms with Crippen LogP contribution < -0.4 is 34.0 Å². The zero-order valence-corrected chi connectivity index (χ0v) is 17.3. The molecule has 15 heteroatoms. The summed E-state index contributed by atoms with van der Waals surface area (Å²) in [4.78, 5) is 0. The smallest absolute Gasteiger partial charge is 0.388 e. The van der Waals surface area contributed by atoms with E-state index < -0.39 is 71.4 Å². The summed E-state index contributed by atoms with van der Waals surface area (Å²) in [6.07, 6.45) is -6.63. The van der Waals surface area contributed by atoms with Crippen LogP contribution in [0.25, 0.3) is 0 Å². The van der Waals surface area contributed by atoms with Gasteiger partial charge in [0.1, 0.15) is 30.5 Å². The van der Waals surface area contributed by atoms with E-state index in [0.29, 0.717) is 19.5 Å². The second-order valence-corrected chi connectivity index (χ2v) is 8.66. The molecule has 0 aromatic heterocycles. The fourth-order valence-electron chi connectivity index (χ4n) is 3.78. The van der Waals surface area contributed by atoms with E-state index in [4.69, 9.17) is 42.3 Å². The number of rotatable bonds is 9. The lowest BCUT2D eigenvalue weighted by Crippen LogP contribution is -2.70. The van der Waals surface area contributed by atoms with E-state index in [1.807, 2.05) is 0 Å². The molecule has 14 N–H and O–H groups in total. The molecule has 0 spiro atoms. The average molecular weight is 459 g/mol. The van der Waals surface area contributed by atoms with Gasteiger partial charge in [-0.3, -0.25) is 4.55 Å². The number of nitrogens with one attached hydrogen (secondary N) is 1. The first-order valence-corrected chi connectivity index (χ1v) is 11.1. The molecule has 2 fully saturated rings. The van der Waals surface area contributed by atoms with Crippen LogP contribution in [0.2, 0.25) is 0 Å². The number of aliphatic hydroxyl groups excluding tert-OH is 2. The summed E-state index contributed by atoms with van der Waals surface area (Å²) in [7, 11) is -4.89. The van der Waals surface area contributed by atoms with Gasteiger partial charge in [0, 0.05) is 18.6 Å². The van der Waals surface area contributed by atoms with Crippen molar-refractivity contribution >= 4 is 10.4 Å². The molecule has 1 saturated carbocycles. The van der Waals surface area contributed by atoms with Crippen molar-refractivity contribution in [1.82, 2.24) is 5.32 Å². The third-order valence-electron chi connectivity index (χ3n) is 5.37. The topological polar surface area (TPSA) is 265 Å². The highest BCUT2D eigenvalue weighted by molar-refractivity contribution is 7.80. The standard InChI is InChI=1S/C15H34N6O8S/c16-2-1-3-21-10-6(18)4-7(19)13(14(10)29-30(24,25)26)28-15-9(20)12(23)11(22)8(5-17)27-15/h6-15,21-23H,1-5,16-20H2,(H,24,25,26)/t6-,7+,8-,9-,10-,11-,12-,13-,14-,15-/m1/s1. The second-order valence-electron chi connectivity index (χ2n) is 7.61. The van der Waals surface area contributed by atoms with E-state index >= 15 is 0 Å². The molecule has 1 saturated heterocycles. The summed E-state index contributed by atoms with van der Waals surface area (Å²) >= 11 is 0. The number of nitrogens with two attached hydrogens (primary N) is 5. The molecule has 1 aliphatic heterocycles. The van der Waals surface area contributed by atoms with Gasteiger partial charge in [-0.2, -0.15) is 8.42 Å². The zero-order valence-electron chi connectivity index (χ0n) is 16.5. The normalized spacial score (nSPS) is 42.9. The quantitative estimate of drug-likeness (QED) is 0.115. The van der Waals surface area contributed by atoms with Crippen molar-refractivity contribution in [3.05, 3.63) is 0 Å². The van der Waals surface area contributed by atoms with Crippen LogP contribution in [0.1, 0.15) is 12.8 Å². The van der Waals surface area contributed by atoms with Crippen LogP contribution in [-0.2, 0) is 24.1 Å². The van der Waals surface area contributed by atoms with Gasteiger partial charge in [-0.05, 0) is 25.9 Å². The molecule has 14 nitrogen and oxygen atoms in total. The molecule has 0 radical (unpaired) electrons. The predicted octanol–water partition coefficient (Wildman–Crippen LogP) is -5.34. The second kappa shape index (κ2) is 10.9. The summed E-state index contributed by atoms with van der Waals surface area (Å²) in [5.41, 5.74) is 29.2. The Morgan fingerprint density at radius 2 is 1.73 bits per heavy atom. The predicted molar refractivity (Wildman–Crippen MR) is 105 cm³/mol. The molecule has 2 aliphatic rings. The van der Waals surface area contributed by atoms with Crippen molar-refractivity contribution in [3.8, 4) is 0 Å². The number of hydrogen-bond acceptors (Lipinski definition) is 13. The summed E-state index contributed by atoms with van der Waals surface area (Å²) in [5, 5.41) is 23.2. The Labute approximate surface area is 175 Å². The van der Waals surface area contributed by atoms with Gasteiger partial charge in [-0.1, -0.05) is 0 Å². The lowest BCUT2D eigenvalue weighted by Gasteiger charge is -2.47. The first-order chi connectivity index (χ1) is 14.0. The molecule has 0 unspecified atom stereocenters. The molecule has 2 rings (SSSR count). The lowest BCUT2D eigenvalue weighted by molar-refractivity contribution is -0.282. The minimum Gasteiger partial charge on any atom is -0.388 e. The van der Waals surface area contributed by atoms with E-state index in [1.54, 1.807) is 0 Å². The molecule has 0 aromatic carbocycles. The third-order valence-corrected chi connectivity index (χ3v) is 5.84. The first kappa shape index (κ1) is 25.7. The third kappa shape index (κ3) is 6.26. The molecule has 1 heterocycles. The van der Waals surface area contributed by atoms with E-state index in [9.17, 15) is 23.2 Å². The average Bonchev–Trinajstić information content (AvgIpc) is 2.66. The molecule has 10 atom stereocenters. The van der Waals surface area contributed by atoms with Gasteiger partial charge in [0.15, 0.2) is 6.29 Å². The summed E-state index contributed by atoms with van der Waals surface area (Å²) < 4.78 is 48.5. The Bertz CT molecular complexity index is 643. The Morgan fingerprint density at radius 3 is 2.30 bits per heavy atom. The number of aliphatic hydroxyl groups is 2. The minimum absolute atomic E-state index is 0.124. The Morgan fingerprint density at radius 1 is 1.07 bits per heavy atom. The van der Waals surface area contributed by atoms with Gasteiger partial charge < -0.3 is 53.7 Å². The monoisotopic (exact) mass is 458 g/mol. The highest BCUT2D eigenvalue weighted by Gasteiger charge is 2.50. The van der Waals surface area contributed by atoms with Crippen LogP contribution in [0, 0.1) is 0 Å². The molecule has 178 valence electrons. The molecule has 30 heavy (non-hydrogen) atoms. The van der Waals surface area contributed by atoms with E-state index in [2.05, 4.69) is 5.32 Å². The van der Waals surface area contributed by atoms with Crippen molar-refractivity contribution in [2.24, 2.45) is 28.7 Å². The summed E-state index contributed by atoms with van der Waals surface area (Å²) in [5.74, 6) is 0. The molecular weight excluding hydrogens is 424 g/mol. The maximum absolute atomic E-state index is 11.5. The van der Waals surface area contributed by atoms with Gasteiger partial charge in [-0.25, -0.2) is 4.18 Å². The molecule has 0 aromatic rings. The fourth-order valence-corrected chi connectivity index (χ4v) is 4.29. The van der Waals surface area contributed by atoms with E-state index in [1.165, 1.54) is 0 Å². The molecule has 0 bridgehead atoms. The lowest BCUT2D eigenvalue weighted by atomic mass is 9.82. The van der Waals surface area contributed by atoms with Crippen molar-refractivity contribution < 1.29 is 36.8 Å². The van der Waals surface area contributed by atoms with Crippen molar-refractivity contribution in [2.45, 2.75) is 73.8 Å². The molecular formula is C15H34N6O8S. The van der Waals surface area contributed by atoms with Gasteiger partial charge in [0.2, 0.25) is 0 Å². The van der Waals surface area contributed by atoms with Gasteiger partial charge in [0.05, 0.1) is 12.1 Å². The minimum atomic E-state index is -4.89. The first-order valence-electron chi connectivity index (χ1n) is 9.73. The summed E-state index contributed by atoms with van der Waals surface area (Å²) in [6, 6.07) is -3.37. The van der Waals surface area contributed by atoms with Crippen LogP contribution in [0.4, 0.5) is 0 Å². The maximum Gasteiger partial charge on any atom is 0.397 e. The highest BCUT2D eigenvalue weighted by atomic mass is 32.3. The van der Waals surface area contributed by atoms with Crippen LogP contribution >= 0.6 is 0 Å². The molecule has 1 aliphatic carbocycles. The van der Waals surface area contributed by atoms with Crippen LogP contribution in [0.5, 0.6) is 0 Å². The SMILES string of the molecule is NCCCN[C@H]1[C@@H](OS(=O)(=O)O)[C@H](O[C@H]2O[C@H](CN)[C@@H](O)[C@H](O)[C@H]2N)[C@@H](N)C[C@H]1N. The molecule has 0 amide bonds. The van der Waals surface area contributed by atoms with Gasteiger partial charge in [-0.15, -0.1) is 0 Å². The van der Waals surface area contributed by atoms with Crippen molar-refractivity contribution in [3.63, 3.8) is 0 Å². The van der Waals surface area contributed by atoms with E-state index in [0.717, 1.165) is 0 Å². The Kier molecular flexibility index (Phi) is 9.32. The van der Waals surface area contributed by atoms with Crippen LogP contribution in [0.3, 0.4) is 0 Å². The summed E-state index contributed by atoms with van der Waals surface area (Å²) in [6.45, 7) is 0.673. The fraction of sp³-hybridized carbons (Fsp3) is 1.00. The van der Waals surface area contributed by atoms with E-state index in [-0.39, 0.29) is 13.0 Å². The van der Waals surface area contributed by atoms with Gasteiger partial charge in [0.25, 0.3) is 0 Å². The zero-order chi connectivity index (χ0) is 22.6. The van der Waals surface area contributed by atoms with Crippen LogP contribution in [0.15, 0.2) is 0 Å². The largest absolute Gasteiger partial charge is 0.397 e. The highest BCUT2D eigenvalue weighted by Crippen LogP contribution is 2.29. The Balaban J connectivity index is 2.26. The number of ether oxygens (including phenoxy) is 2. The number of hydrogen-bond donors (Lipinski definition) is 9. The van der Waals surface area contributed by atoms with Crippen molar-refractivity contribution in [2.75, 3.05) is 19.6 Å². The van der Waals surface area contributed by atoms with Gasteiger partial charge >= 0.3 is 10.4 Å².